The first-order valence-corrected chi connectivity index (χ1v) is 6.78. The Balaban J connectivity index is 1.83. The molecule has 0 aromatic heterocycles. The van der Waals surface area contributed by atoms with Crippen LogP contribution in [-0.4, -0.2) is 25.2 Å². The van der Waals surface area contributed by atoms with Crippen molar-refractivity contribution in [2.45, 2.75) is 57.5 Å². The number of rotatable bonds is 3. The summed E-state index contributed by atoms with van der Waals surface area (Å²) in [4.78, 5) is 0. The lowest BCUT2D eigenvalue weighted by Gasteiger charge is -2.32. The van der Waals surface area contributed by atoms with Gasteiger partial charge in [0.05, 0.1) is 6.54 Å². The summed E-state index contributed by atoms with van der Waals surface area (Å²) < 4.78 is 0. The van der Waals surface area contributed by atoms with Crippen molar-refractivity contribution in [1.82, 2.24) is 10.6 Å². The highest BCUT2D eigenvalue weighted by atomic mass is 15.0. The van der Waals surface area contributed by atoms with Gasteiger partial charge in [0, 0.05) is 12.1 Å². The summed E-state index contributed by atoms with van der Waals surface area (Å²) in [5.74, 6) is 6.92. The smallest absolute Gasteiger partial charge is 0.0578 e. The number of hydrogen-bond donors (Lipinski definition) is 2. The third-order valence-corrected chi connectivity index (χ3v) is 4.06. The minimum absolute atomic E-state index is 0.705. The highest BCUT2D eigenvalue weighted by molar-refractivity contribution is 5.00. The first-order valence-electron chi connectivity index (χ1n) is 6.78. The zero-order valence-electron chi connectivity index (χ0n) is 10.4. The second-order valence-corrected chi connectivity index (χ2v) is 5.07. The number of hydrogen-bond acceptors (Lipinski definition) is 2. The molecule has 90 valence electrons. The summed E-state index contributed by atoms with van der Waals surface area (Å²) in [7, 11) is 0. The average Bonchev–Trinajstić information content (AvgIpc) is 2.79. The third kappa shape index (κ3) is 2.99. The van der Waals surface area contributed by atoms with Gasteiger partial charge in [-0.1, -0.05) is 18.8 Å². The van der Waals surface area contributed by atoms with Gasteiger partial charge in [0.15, 0.2) is 0 Å². The zero-order chi connectivity index (χ0) is 11.2. The Hall–Kier alpha value is -0.520. The van der Waals surface area contributed by atoms with Gasteiger partial charge in [0.1, 0.15) is 0 Å². The van der Waals surface area contributed by atoms with Gasteiger partial charge < -0.3 is 10.6 Å². The molecule has 3 atom stereocenters. The quantitative estimate of drug-likeness (QED) is 0.710. The molecule has 1 saturated carbocycles. The first kappa shape index (κ1) is 12.0. The normalized spacial score (nSPS) is 34.4. The van der Waals surface area contributed by atoms with E-state index >= 15 is 0 Å². The van der Waals surface area contributed by atoms with Crippen LogP contribution in [0.5, 0.6) is 0 Å². The van der Waals surface area contributed by atoms with Crippen molar-refractivity contribution >= 4 is 0 Å². The molecule has 2 aliphatic rings. The summed E-state index contributed by atoms with van der Waals surface area (Å²) in [6.45, 7) is 4.00. The van der Waals surface area contributed by atoms with E-state index in [1.807, 2.05) is 6.92 Å². The zero-order valence-corrected chi connectivity index (χ0v) is 10.4. The highest BCUT2D eigenvalue weighted by Crippen LogP contribution is 2.31. The van der Waals surface area contributed by atoms with Crippen molar-refractivity contribution in [2.24, 2.45) is 5.92 Å². The SMILES string of the molecule is CC#CCNC1CCCC1C1CCCCN1. The minimum atomic E-state index is 0.705. The van der Waals surface area contributed by atoms with Crippen molar-refractivity contribution in [1.29, 1.82) is 0 Å². The van der Waals surface area contributed by atoms with Gasteiger partial charge in [-0.25, -0.2) is 0 Å². The Bertz CT molecular complexity index is 258. The van der Waals surface area contributed by atoms with E-state index in [1.165, 1.54) is 45.1 Å². The second-order valence-electron chi connectivity index (χ2n) is 5.07. The summed E-state index contributed by atoms with van der Waals surface area (Å²) in [5.41, 5.74) is 0. The van der Waals surface area contributed by atoms with Crippen LogP contribution >= 0.6 is 0 Å². The van der Waals surface area contributed by atoms with Crippen LogP contribution < -0.4 is 10.6 Å². The molecule has 2 rings (SSSR count). The molecule has 0 aromatic carbocycles. The topological polar surface area (TPSA) is 24.1 Å². The van der Waals surface area contributed by atoms with Crippen LogP contribution in [0.1, 0.15) is 45.4 Å². The molecule has 2 N–H and O–H groups in total. The maximum Gasteiger partial charge on any atom is 0.0578 e. The lowest BCUT2D eigenvalue weighted by atomic mass is 9.88. The van der Waals surface area contributed by atoms with E-state index in [9.17, 15) is 0 Å². The highest BCUT2D eigenvalue weighted by Gasteiger charge is 2.33. The van der Waals surface area contributed by atoms with Gasteiger partial charge in [0.25, 0.3) is 0 Å². The molecule has 1 aliphatic heterocycles. The van der Waals surface area contributed by atoms with Crippen molar-refractivity contribution in [3.8, 4) is 11.8 Å². The fraction of sp³-hybridized carbons (Fsp3) is 0.857. The van der Waals surface area contributed by atoms with Crippen LogP contribution in [0.15, 0.2) is 0 Å². The Morgan fingerprint density at radius 3 is 2.88 bits per heavy atom. The van der Waals surface area contributed by atoms with Gasteiger partial charge in [-0.2, -0.15) is 0 Å². The molecule has 2 nitrogen and oxygen atoms in total. The summed E-state index contributed by atoms with van der Waals surface area (Å²) in [6, 6.07) is 1.47. The summed E-state index contributed by atoms with van der Waals surface area (Å²) >= 11 is 0. The van der Waals surface area contributed by atoms with Crippen LogP contribution in [-0.2, 0) is 0 Å². The van der Waals surface area contributed by atoms with Crippen molar-refractivity contribution in [3.63, 3.8) is 0 Å². The predicted octanol–water partition coefficient (Wildman–Crippen LogP) is 1.91. The molecule has 2 heteroatoms. The Morgan fingerprint density at radius 2 is 2.12 bits per heavy atom. The largest absolute Gasteiger partial charge is 0.314 e. The summed E-state index contributed by atoms with van der Waals surface area (Å²) in [6.07, 6.45) is 8.28. The fourth-order valence-electron chi connectivity index (χ4n) is 3.24. The first-order chi connectivity index (χ1) is 7.92. The molecule has 1 heterocycles. The van der Waals surface area contributed by atoms with E-state index in [2.05, 4.69) is 22.5 Å². The van der Waals surface area contributed by atoms with Gasteiger partial charge >= 0.3 is 0 Å². The van der Waals surface area contributed by atoms with Crippen LogP contribution in [0.2, 0.25) is 0 Å². The van der Waals surface area contributed by atoms with Crippen LogP contribution in [0, 0.1) is 17.8 Å². The molecular weight excluding hydrogens is 196 g/mol. The van der Waals surface area contributed by atoms with Crippen molar-refractivity contribution in [3.05, 3.63) is 0 Å². The molecule has 0 radical (unpaired) electrons. The van der Waals surface area contributed by atoms with Crippen LogP contribution in [0.3, 0.4) is 0 Å². The lowest BCUT2D eigenvalue weighted by Crippen LogP contribution is -2.46. The fourth-order valence-corrected chi connectivity index (χ4v) is 3.24. The van der Waals surface area contributed by atoms with E-state index in [-0.39, 0.29) is 0 Å². The molecule has 1 saturated heterocycles. The molecular formula is C14H24N2. The average molecular weight is 220 g/mol. The number of piperidine rings is 1. The van der Waals surface area contributed by atoms with E-state index in [0.29, 0.717) is 6.04 Å². The predicted molar refractivity (Wildman–Crippen MR) is 68.2 cm³/mol. The standard InChI is InChI=1S/C14H24N2/c1-2-3-10-15-14-9-6-7-12(14)13-8-4-5-11-16-13/h12-16H,4-11H2,1H3. The molecule has 0 bridgehead atoms. The monoisotopic (exact) mass is 220 g/mol. The van der Waals surface area contributed by atoms with Gasteiger partial charge in [-0.3, -0.25) is 0 Å². The molecule has 0 aromatic rings. The number of nitrogens with one attached hydrogen (secondary N) is 2. The van der Waals surface area contributed by atoms with Gasteiger partial charge in [-0.05, 0) is 45.1 Å². The third-order valence-electron chi connectivity index (χ3n) is 4.06. The maximum atomic E-state index is 3.71. The van der Waals surface area contributed by atoms with Gasteiger partial charge in [-0.15, -0.1) is 5.92 Å². The van der Waals surface area contributed by atoms with E-state index < -0.39 is 0 Å². The van der Waals surface area contributed by atoms with Crippen molar-refractivity contribution in [2.75, 3.05) is 13.1 Å². The molecule has 16 heavy (non-hydrogen) atoms. The summed E-state index contributed by atoms with van der Waals surface area (Å²) in [5, 5.41) is 7.32. The van der Waals surface area contributed by atoms with Crippen LogP contribution in [0.4, 0.5) is 0 Å². The molecule has 3 unspecified atom stereocenters. The van der Waals surface area contributed by atoms with Crippen LogP contribution in [0.25, 0.3) is 0 Å². The van der Waals surface area contributed by atoms with Gasteiger partial charge in [0.2, 0.25) is 0 Å². The molecule has 0 spiro atoms. The van der Waals surface area contributed by atoms with E-state index in [1.54, 1.807) is 0 Å². The Morgan fingerprint density at radius 1 is 1.19 bits per heavy atom. The molecule has 1 aliphatic carbocycles. The lowest BCUT2D eigenvalue weighted by molar-refractivity contribution is 0.261. The van der Waals surface area contributed by atoms with Crippen molar-refractivity contribution < 1.29 is 0 Å². The van der Waals surface area contributed by atoms with E-state index in [4.69, 9.17) is 0 Å². The molecule has 0 amide bonds. The Kier molecular flexibility index (Phi) is 4.69. The second kappa shape index (κ2) is 6.27. The molecule has 2 fully saturated rings. The maximum absolute atomic E-state index is 3.71. The Labute approximate surface area is 99.6 Å². The van der Waals surface area contributed by atoms with E-state index in [0.717, 1.165) is 18.5 Å². The minimum Gasteiger partial charge on any atom is -0.314 e.